The molecule has 1 amide bonds. The summed E-state index contributed by atoms with van der Waals surface area (Å²) in [5.41, 5.74) is -0.161. The molecule has 2 aromatic carbocycles. The average Bonchev–Trinajstić information content (AvgIpc) is 2.67. The number of methoxy groups -OCH3 is 2. The Balaban J connectivity index is 2.09. The number of nitro benzene ring substituents is 1. The van der Waals surface area contributed by atoms with Gasteiger partial charge in [0, 0.05) is 12.1 Å². The van der Waals surface area contributed by atoms with Gasteiger partial charge in [-0.15, -0.1) is 0 Å². The second kappa shape index (κ2) is 8.71. The molecule has 2 aromatic rings. The van der Waals surface area contributed by atoms with E-state index >= 15 is 0 Å². The van der Waals surface area contributed by atoms with Crippen LogP contribution < -0.4 is 14.8 Å². The zero-order valence-electron chi connectivity index (χ0n) is 15.3. The Morgan fingerprint density at radius 1 is 1.14 bits per heavy atom. The number of anilines is 1. The van der Waals surface area contributed by atoms with Gasteiger partial charge in [-0.3, -0.25) is 14.9 Å². The van der Waals surface area contributed by atoms with Gasteiger partial charge in [-0.05, 0) is 25.1 Å². The summed E-state index contributed by atoms with van der Waals surface area (Å²) in [4.78, 5) is 34.7. The number of nitro groups is 1. The van der Waals surface area contributed by atoms with E-state index in [1.165, 1.54) is 51.5 Å². The monoisotopic (exact) mass is 390 g/mol. The van der Waals surface area contributed by atoms with Crippen LogP contribution in [0.5, 0.6) is 17.2 Å². The highest BCUT2D eigenvalue weighted by Crippen LogP contribution is 2.29. The quantitative estimate of drug-likeness (QED) is 0.418. The van der Waals surface area contributed by atoms with E-state index in [9.17, 15) is 24.8 Å². The van der Waals surface area contributed by atoms with Crippen molar-refractivity contribution < 1.29 is 33.8 Å². The molecule has 0 saturated carbocycles. The van der Waals surface area contributed by atoms with Crippen molar-refractivity contribution in [2.75, 3.05) is 19.5 Å². The van der Waals surface area contributed by atoms with E-state index in [1.54, 1.807) is 0 Å². The van der Waals surface area contributed by atoms with Crippen molar-refractivity contribution in [3.05, 3.63) is 52.1 Å². The first kappa shape index (κ1) is 20.5. The Morgan fingerprint density at radius 2 is 1.86 bits per heavy atom. The Hall–Kier alpha value is -3.82. The highest BCUT2D eigenvalue weighted by molar-refractivity contribution is 5.99. The first-order valence-corrected chi connectivity index (χ1v) is 7.98. The first-order valence-electron chi connectivity index (χ1n) is 7.98. The lowest BCUT2D eigenvalue weighted by Gasteiger charge is -2.15. The van der Waals surface area contributed by atoms with Crippen LogP contribution in [0.2, 0.25) is 0 Å². The molecule has 0 aliphatic rings. The minimum absolute atomic E-state index is 0.0777. The zero-order valence-corrected chi connectivity index (χ0v) is 15.3. The van der Waals surface area contributed by atoms with Gasteiger partial charge in [-0.2, -0.15) is 0 Å². The molecule has 0 saturated heterocycles. The maximum atomic E-state index is 12.3. The second-order valence-corrected chi connectivity index (χ2v) is 5.56. The number of carbonyl (C=O) groups excluding carboxylic acids is 2. The van der Waals surface area contributed by atoms with E-state index in [-0.39, 0.29) is 28.4 Å². The molecule has 0 heterocycles. The number of phenols is 1. The number of carbonyl (C=O) groups is 2. The Kier molecular flexibility index (Phi) is 6.38. The number of nitrogens with zero attached hydrogens (tertiary/aromatic N) is 1. The van der Waals surface area contributed by atoms with E-state index in [0.29, 0.717) is 5.75 Å². The zero-order chi connectivity index (χ0) is 20.8. The third kappa shape index (κ3) is 4.67. The summed E-state index contributed by atoms with van der Waals surface area (Å²) < 4.78 is 15.0. The molecule has 2 rings (SSSR count). The lowest BCUT2D eigenvalue weighted by Crippen LogP contribution is -2.30. The number of aromatic hydroxyl groups is 1. The first-order chi connectivity index (χ1) is 13.3. The molecule has 2 N–H and O–H groups in total. The summed E-state index contributed by atoms with van der Waals surface area (Å²) >= 11 is 0. The maximum absolute atomic E-state index is 12.3. The normalized spacial score (nSPS) is 11.2. The fourth-order valence-corrected chi connectivity index (χ4v) is 2.22. The van der Waals surface area contributed by atoms with E-state index in [1.807, 2.05) is 0 Å². The fraction of sp³-hybridized carbons (Fsp3) is 0.222. The smallest absolute Gasteiger partial charge is 0.342 e. The van der Waals surface area contributed by atoms with Crippen LogP contribution in [-0.4, -0.2) is 42.2 Å². The number of nitrogens with one attached hydrogen (secondary N) is 1. The van der Waals surface area contributed by atoms with Crippen molar-refractivity contribution in [3.63, 3.8) is 0 Å². The third-order valence-electron chi connectivity index (χ3n) is 3.73. The van der Waals surface area contributed by atoms with Crippen molar-refractivity contribution in [2.45, 2.75) is 13.0 Å². The summed E-state index contributed by atoms with van der Waals surface area (Å²) in [6.07, 6.45) is -1.21. The predicted molar refractivity (Wildman–Crippen MR) is 97.8 cm³/mol. The van der Waals surface area contributed by atoms with Gasteiger partial charge in [-0.25, -0.2) is 4.79 Å². The SMILES string of the molecule is COc1ccc(C(=O)O[C@H](C)C(=O)Nc2ccc([N+](=O)[O-])cc2OC)c(O)c1. The van der Waals surface area contributed by atoms with Crippen LogP contribution in [0.3, 0.4) is 0 Å². The minimum Gasteiger partial charge on any atom is -0.507 e. The molecule has 0 aromatic heterocycles. The van der Waals surface area contributed by atoms with Crippen molar-refractivity contribution in [1.29, 1.82) is 0 Å². The average molecular weight is 390 g/mol. The Labute approximate surface area is 159 Å². The third-order valence-corrected chi connectivity index (χ3v) is 3.73. The lowest BCUT2D eigenvalue weighted by molar-refractivity contribution is -0.384. The summed E-state index contributed by atoms with van der Waals surface area (Å²) in [5, 5.41) is 23.1. The summed E-state index contributed by atoms with van der Waals surface area (Å²) in [6, 6.07) is 7.66. The number of esters is 1. The van der Waals surface area contributed by atoms with Gasteiger partial charge in [-0.1, -0.05) is 0 Å². The van der Waals surface area contributed by atoms with Crippen molar-refractivity contribution in [3.8, 4) is 17.2 Å². The minimum atomic E-state index is -1.21. The van der Waals surface area contributed by atoms with Crippen LogP contribution in [0.15, 0.2) is 36.4 Å². The van der Waals surface area contributed by atoms with E-state index in [4.69, 9.17) is 14.2 Å². The number of amides is 1. The highest BCUT2D eigenvalue weighted by atomic mass is 16.6. The van der Waals surface area contributed by atoms with Crippen LogP contribution in [0.4, 0.5) is 11.4 Å². The van der Waals surface area contributed by atoms with Gasteiger partial charge in [0.25, 0.3) is 11.6 Å². The molecule has 1 atom stereocenters. The molecule has 10 heteroatoms. The molecule has 28 heavy (non-hydrogen) atoms. The molecular formula is C18H18N2O8. The van der Waals surface area contributed by atoms with E-state index < -0.39 is 22.9 Å². The van der Waals surface area contributed by atoms with Crippen LogP contribution in [0.1, 0.15) is 17.3 Å². The van der Waals surface area contributed by atoms with Gasteiger partial charge in [0.1, 0.15) is 22.8 Å². The van der Waals surface area contributed by atoms with Crippen LogP contribution in [-0.2, 0) is 9.53 Å². The molecule has 0 bridgehead atoms. The topological polar surface area (TPSA) is 137 Å². The molecule has 148 valence electrons. The Morgan fingerprint density at radius 3 is 2.43 bits per heavy atom. The molecule has 0 aliphatic heterocycles. The maximum Gasteiger partial charge on any atom is 0.342 e. The van der Waals surface area contributed by atoms with Gasteiger partial charge in [0.2, 0.25) is 0 Å². The molecular weight excluding hydrogens is 372 g/mol. The fourth-order valence-electron chi connectivity index (χ4n) is 2.22. The standard InChI is InChI=1S/C18H18N2O8/c1-10(28-18(23)13-6-5-12(26-2)9-15(13)21)17(22)19-14-7-4-11(20(24)25)8-16(14)27-3/h4-10,21H,1-3H3,(H,19,22)/t10-/m1/s1. The molecule has 10 nitrogen and oxygen atoms in total. The number of benzene rings is 2. The second-order valence-electron chi connectivity index (χ2n) is 5.56. The number of non-ortho nitro benzene ring substituents is 1. The van der Waals surface area contributed by atoms with Crippen LogP contribution in [0.25, 0.3) is 0 Å². The number of hydrogen-bond acceptors (Lipinski definition) is 8. The van der Waals surface area contributed by atoms with Gasteiger partial charge < -0.3 is 24.6 Å². The molecule has 0 spiro atoms. The van der Waals surface area contributed by atoms with E-state index in [2.05, 4.69) is 5.32 Å². The molecule has 0 fully saturated rings. The van der Waals surface area contributed by atoms with Gasteiger partial charge in [0.15, 0.2) is 6.10 Å². The molecule has 0 aliphatic carbocycles. The van der Waals surface area contributed by atoms with Crippen molar-refractivity contribution in [2.24, 2.45) is 0 Å². The predicted octanol–water partition coefficient (Wildman–Crippen LogP) is 2.50. The van der Waals surface area contributed by atoms with Crippen molar-refractivity contribution >= 4 is 23.3 Å². The summed E-state index contributed by atoms with van der Waals surface area (Å²) in [6.45, 7) is 1.34. The molecule has 0 radical (unpaired) electrons. The van der Waals surface area contributed by atoms with Crippen molar-refractivity contribution in [1.82, 2.24) is 0 Å². The molecule has 0 unspecified atom stereocenters. The van der Waals surface area contributed by atoms with E-state index in [0.717, 1.165) is 6.07 Å². The van der Waals surface area contributed by atoms with Gasteiger partial charge >= 0.3 is 5.97 Å². The van der Waals surface area contributed by atoms with Crippen LogP contribution >= 0.6 is 0 Å². The number of hydrogen-bond donors (Lipinski definition) is 2. The summed E-state index contributed by atoms with van der Waals surface area (Å²) in [7, 11) is 2.70. The largest absolute Gasteiger partial charge is 0.507 e. The number of phenolic OH excluding ortho intramolecular Hbond substituents is 1. The van der Waals surface area contributed by atoms with Crippen LogP contribution in [0, 0.1) is 10.1 Å². The van der Waals surface area contributed by atoms with Gasteiger partial charge in [0.05, 0.1) is 30.9 Å². The number of ether oxygens (including phenoxy) is 3. The Bertz CT molecular complexity index is 912. The summed E-state index contributed by atoms with van der Waals surface area (Å²) in [5.74, 6) is -1.51. The highest BCUT2D eigenvalue weighted by Gasteiger charge is 2.23. The lowest BCUT2D eigenvalue weighted by atomic mass is 10.2. The number of rotatable bonds is 7.